The Morgan fingerprint density at radius 2 is 1.81 bits per heavy atom. The minimum atomic E-state index is 0.0230. The highest BCUT2D eigenvalue weighted by atomic mass is 79.9. The largest absolute Gasteiger partial charge is 0.490 e. The fraction of sp³-hybridized carbons (Fsp3) is 0.455. The molecule has 0 atom stereocenters. The van der Waals surface area contributed by atoms with Gasteiger partial charge in [-0.25, -0.2) is 0 Å². The lowest BCUT2D eigenvalue weighted by atomic mass is 10.2. The van der Waals surface area contributed by atoms with Gasteiger partial charge in [0.2, 0.25) is 0 Å². The highest BCUT2D eigenvalue weighted by Gasteiger charge is 2.08. The fourth-order valence-electron chi connectivity index (χ4n) is 1.17. The molecule has 0 aliphatic rings. The van der Waals surface area contributed by atoms with Crippen LogP contribution < -0.4 is 4.74 Å². The maximum absolute atomic E-state index is 9.04. The zero-order chi connectivity index (χ0) is 12.1. The molecule has 0 saturated carbocycles. The first-order valence-electron chi connectivity index (χ1n) is 4.91. The molecule has 1 rings (SSSR count). The van der Waals surface area contributed by atoms with Gasteiger partial charge in [-0.15, -0.1) is 0 Å². The molecule has 0 radical (unpaired) electrons. The molecule has 5 heteroatoms. The zero-order valence-corrected chi connectivity index (χ0v) is 12.5. The monoisotopic (exact) mass is 351 g/mol. The molecule has 0 saturated heterocycles. The van der Waals surface area contributed by atoms with Crippen molar-refractivity contribution in [2.45, 2.75) is 6.61 Å². The van der Waals surface area contributed by atoms with Crippen LogP contribution in [0, 0.1) is 0 Å². The molecule has 0 aliphatic heterocycles. The average Bonchev–Trinajstić information content (AvgIpc) is 2.21. The van der Waals surface area contributed by atoms with Crippen molar-refractivity contribution < 1.29 is 9.84 Å². The molecule has 1 aromatic carbocycles. The lowest BCUT2D eigenvalue weighted by molar-refractivity contribution is 0.258. The van der Waals surface area contributed by atoms with Gasteiger partial charge < -0.3 is 14.7 Å². The quantitative estimate of drug-likeness (QED) is 0.884. The summed E-state index contributed by atoms with van der Waals surface area (Å²) in [6.45, 7) is 1.51. The van der Waals surface area contributed by atoms with E-state index >= 15 is 0 Å². The van der Waals surface area contributed by atoms with Gasteiger partial charge >= 0.3 is 0 Å². The van der Waals surface area contributed by atoms with Crippen LogP contribution in [0.2, 0.25) is 0 Å². The van der Waals surface area contributed by atoms with Gasteiger partial charge in [0.15, 0.2) is 0 Å². The predicted octanol–water partition coefficient (Wildman–Crippen LogP) is 2.64. The fourth-order valence-corrected chi connectivity index (χ4v) is 2.68. The van der Waals surface area contributed by atoms with E-state index in [4.69, 9.17) is 9.84 Å². The normalized spacial score (nSPS) is 10.9. The van der Waals surface area contributed by atoms with E-state index in [0.717, 1.165) is 26.8 Å². The Labute approximate surface area is 113 Å². The topological polar surface area (TPSA) is 32.7 Å². The Morgan fingerprint density at radius 1 is 1.25 bits per heavy atom. The van der Waals surface area contributed by atoms with E-state index in [1.54, 1.807) is 0 Å². The first kappa shape index (κ1) is 14.0. The van der Waals surface area contributed by atoms with Crippen LogP contribution in [-0.2, 0) is 6.61 Å². The molecule has 0 heterocycles. The van der Waals surface area contributed by atoms with Gasteiger partial charge in [0.25, 0.3) is 0 Å². The van der Waals surface area contributed by atoms with Crippen molar-refractivity contribution in [1.29, 1.82) is 0 Å². The summed E-state index contributed by atoms with van der Waals surface area (Å²) in [7, 11) is 4.00. The van der Waals surface area contributed by atoms with Crippen LogP contribution in [0.15, 0.2) is 21.1 Å². The maximum atomic E-state index is 9.04. The highest BCUT2D eigenvalue weighted by molar-refractivity contribution is 9.11. The summed E-state index contributed by atoms with van der Waals surface area (Å²) >= 11 is 6.85. The summed E-state index contributed by atoms with van der Waals surface area (Å²) < 4.78 is 7.36. The lowest BCUT2D eigenvalue weighted by Crippen LogP contribution is -2.19. The summed E-state index contributed by atoms with van der Waals surface area (Å²) in [4.78, 5) is 2.06. The van der Waals surface area contributed by atoms with Crippen molar-refractivity contribution in [3.8, 4) is 5.75 Å². The molecule has 0 unspecified atom stereocenters. The third kappa shape index (κ3) is 4.05. The summed E-state index contributed by atoms with van der Waals surface area (Å²) in [5.74, 6) is 0.777. The molecule has 0 aliphatic carbocycles. The average molecular weight is 353 g/mol. The first-order valence-corrected chi connectivity index (χ1v) is 6.49. The van der Waals surface area contributed by atoms with E-state index < -0.39 is 0 Å². The minimum Gasteiger partial charge on any atom is -0.490 e. The molecular weight excluding hydrogens is 338 g/mol. The van der Waals surface area contributed by atoms with Crippen LogP contribution >= 0.6 is 31.9 Å². The van der Waals surface area contributed by atoms with E-state index in [0.29, 0.717) is 6.61 Å². The Bertz CT molecular complexity index is 333. The molecule has 1 aromatic rings. The molecule has 0 amide bonds. The molecule has 0 fully saturated rings. The van der Waals surface area contributed by atoms with Gasteiger partial charge in [-0.3, -0.25) is 0 Å². The van der Waals surface area contributed by atoms with Gasteiger partial charge in [-0.05, 0) is 63.7 Å². The van der Waals surface area contributed by atoms with E-state index in [2.05, 4.69) is 36.8 Å². The number of aliphatic hydroxyl groups is 1. The molecule has 0 spiro atoms. The number of benzene rings is 1. The van der Waals surface area contributed by atoms with Crippen molar-refractivity contribution in [1.82, 2.24) is 4.90 Å². The van der Waals surface area contributed by atoms with Gasteiger partial charge in [0.05, 0.1) is 15.6 Å². The highest BCUT2D eigenvalue weighted by Crippen LogP contribution is 2.34. The van der Waals surface area contributed by atoms with Crippen LogP contribution in [0.3, 0.4) is 0 Å². The molecule has 3 nitrogen and oxygen atoms in total. The summed E-state index contributed by atoms with van der Waals surface area (Å²) in [5.41, 5.74) is 0.846. The van der Waals surface area contributed by atoms with E-state index in [9.17, 15) is 0 Å². The van der Waals surface area contributed by atoms with Gasteiger partial charge in [0.1, 0.15) is 12.4 Å². The van der Waals surface area contributed by atoms with Crippen molar-refractivity contribution >= 4 is 31.9 Å². The zero-order valence-electron chi connectivity index (χ0n) is 9.33. The van der Waals surface area contributed by atoms with E-state index in [-0.39, 0.29) is 6.61 Å². The maximum Gasteiger partial charge on any atom is 0.147 e. The van der Waals surface area contributed by atoms with Gasteiger partial charge in [-0.1, -0.05) is 0 Å². The molecular formula is C11H15Br2NO2. The summed E-state index contributed by atoms with van der Waals surface area (Å²) in [5, 5.41) is 9.04. The van der Waals surface area contributed by atoms with Crippen LogP contribution in [-0.4, -0.2) is 37.3 Å². The Morgan fingerprint density at radius 3 is 2.25 bits per heavy atom. The summed E-state index contributed by atoms with van der Waals surface area (Å²) in [6.07, 6.45) is 0. The van der Waals surface area contributed by atoms with Gasteiger partial charge in [0, 0.05) is 6.54 Å². The van der Waals surface area contributed by atoms with Crippen LogP contribution in [0.1, 0.15) is 5.56 Å². The van der Waals surface area contributed by atoms with Crippen molar-refractivity contribution in [3.63, 3.8) is 0 Å². The minimum absolute atomic E-state index is 0.0230. The smallest absolute Gasteiger partial charge is 0.147 e. The molecule has 0 aromatic heterocycles. The van der Waals surface area contributed by atoms with Crippen molar-refractivity contribution in [3.05, 3.63) is 26.6 Å². The number of nitrogens with zero attached hydrogens (tertiary/aromatic N) is 1. The lowest BCUT2D eigenvalue weighted by Gasteiger charge is -2.14. The molecule has 1 N–H and O–H groups in total. The second-order valence-electron chi connectivity index (χ2n) is 3.70. The Kier molecular flexibility index (Phi) is 5.75. The second kappa shape index (κ2) is 6.59. The number of halogens is 2. The SMILES string of the molecule is CN(C)CCOc1c(Br)cc(CO)cc1Br. The van der Waals surface area contributed by atoms with Crippen LogP contribution in [0.5, 0.6) is 5.75 Å². The predicted molar refractivity (Wildman–Crippen MR) is 71.8 cm³/mol. The van der Waals surface area contributed by atoms with E-state index in [1.165, 1.54) is 0 Å². The number of hydrogen-bond donors (Lipinski definition) is 1. The number of hydrogen-bond acceptors (Lipinski definition) is 3. The molecule has 0 bridgehead atoms. The Hall–Kier alpha value is -0.100. The number of aliphatic hydroxyl groups excluding tert-OH is 1. The first-order chi connectivity index (χ1) is 7.54. The van der Waals surface area contributed by atoms with Crippen LogP contribution in [0.25, 0.3) is 0 Å². The van der Waals surface area contributed by atoms with E-state index in [1.807, 2.05) is 26.2 Å². The second-order valence-corrected chi connectivity index (χ2v) is 5.41. The number of ether oxygens (including phenoxy) is 1. The standard InChI is InChI=1S/C11H15Br2NO2/c1-14(2)3-4-16-11-9(12)5-8(7-15)6-10(11)13/h5-6,15H,3-4,7H2,1-2H3. The number of rotatable bonds is 5. The third-order valence-electron chi connectivity index (χ3n) is 2.03. The summed E-state index contributed by atoms with van der Waals surface area (Å²) in [6, 6.07) is 3.71. The van der Waals surface area contributed by atoms with Crippen molar-refractivity contribution in [2.75, 3.05) is 27.2 Å². The third-order valence-corrected chi connectivity index (χ3v) is 3.20. The molecule has 16 heavy (non-hydrogen) atoms. The molecule has 90 valence electrons. The van der Waals surface area contributed by atoms with Gasteiger partial charge in [-0.2, -0.15) is 0 Å². The van der Waals surface area contributed by atoms with Crippen LogP contribution in [0.4, 0.5) is 0 Å². The number of likely N-dealkylation sites (N-methyl/N-ethyl adjacent to an activating group) is 1. The van der Waals surface area contributed by atoms with Crippen molar-refractivity contribution in [2.24, 2.45) is 0 Å². The Balaban J connectivity index is 2.72.